The standard InChI is InChI=1S/C17H14O4/c1-11(18)20-13-7-8-14-15(19)10-16(21-17(14)9-13)12-5-3-2-4-6-12/h2-9,16H,10H2,1H3/t16-/m1/s1. The number of fused-ring (bicyclic) bond motifs is 1. The molecule has 0 N–H and O–H groups in total. The lowest BCUT2D eigenvalue weighted by Crippen LogP contribution is -2.20. The lowest BCUT2D eigenvalue weighted by Gasteiger charge is -2.25. The molecule has 1 atom stereocenters. The van der Waals surface area contributed by atoms with E-state index in [2.05, 4.69) is 0 Å². The third-order valence-electron chi connectivity index (χ3n) is 3.33. The number of ketones is 1. The molecule has 1 aliphatic rings. The Bertz CT molecular complexity index is 691. The van der Waals surface area contributed by atoms with Gasteiger partial charge in [-0.05, 0) is 17.7 Å². The Morgan fingerprint density at radius 1 is 1.19 bits per heavy atom. The largest absolute Gasteiger partial charge is 0.484 e. The molecule has 0 saturated carbocycles. The van der Waals surface area contributed by atoms with Gasteiger partial charge in [0, 0.05) is 13.0 Å². The van der Waals surface area contributed by atoms with Crippen LogP contribution in [0.1, 0.15) is 35.4 Å². The molecule has 106 valence electrons. The highest BCUT2D eigenvalue weighted by Crippen LogP contribution is 2.36. The Kier molecular flexibility index (Phi) is 3.44. The second-order valence-corrected chi connectivity index (χ2v) is 4.90. The molecule has 1 aliphatic heterocycles. The van der Waals surface area contributed by atoms with Crippen LogP contribution in [0.15, 0.2) is 48.5 Å². The number of hydrogen-bond donors (Lipinski definition) is 0. The average molecular weight is 282 g/mol. The molecule has 21 heavy (non-hydrogen) atoms. The first-order valence-corrected chi connectivity index (χ1v) is 6.71. The van der Waals surface area contributed by atoms with Gasteiger partial charge in [-0.2, -0.15) is 0 Å². The van der Waals surface area contributed by atoms with E-state index in [0.717, 1.165) is 5.56 Å². The molecule has 0 spiro atoms. The minimum atomic E-state index is -0.406. The molecule has 0 radical (unpaired) electrons. The summed E-state index contributed by atoms with van der Waals surface area (Å²) in [6.07, 6.45) is 0.00276. The number of carbonyl (C=O) groups is 2. The molecule has 0 fully saturated rings. The predicted octanol–water partition coefficient (Wildman–Crippen LogP) is 3.32. The van der Waals surface area contributed by atoms with Gasteiger partial charge in [-0.25, -0.2) is 0 Å². The fourth-order valence-corrected chi connectivity index (χ4v) is 2.39. The van der Waals surface area contributed by atoms with Crippen molar-refractivity contribution in [1.29, 1.82) is 0 Å². The zero-order chi connectivity index (χ0) is 14.8. The SMILES string of the molecule is CC(=O)Oc1ccc2c(c1)O[C@@H](c1ccccc1)CC2=O. The highest BCUT2D eigenvalue weighted by atomic mass is 16.5. The van der Waals surface area contributed by atoms with Gasteiger partial charge in [0.25, 0.3) is 0 Å². The van der Waals surface area contributed by atoms with Gasteiger partial charge in [-0.15, -0.1) is 0 Å². The van der Waals surface area contributed by atoms with Gasteiger partial charge < -0.3 is 9.47 Å². The van der Waals surface area contributed by atoms with Crippen molar-refractivity contribution in [3.63, 3.8) is 0 Å². The van der Waals surface area contributed by atoms with Crippen LogP contribution < -0.4 is 9.47 Å². The zero-order valence-electron chi connectivity index (χ0n) is 11.5. The first kappa shape index (κ1) is 13.4. The van der Waals surface area contributed by atoms with E-state index < -0.39 is 5.97 Å². The van der Waals surface area contributed by atoms with Crippen molar-refractivity contribution < 1.29 is 19.1 Å². The number of esters is 1. The minimum Gasteiger partial charge on any atom is -0.484 e. The molecule has 0 aliphatic carbocycles. The Labute approximate surface area is 122 Å². The molecule has 0 unspecified atom stereocenters. The van der Waals surface area contributed by atoms with E-state index >= 15 is 0 Å². The lowest BCUT2D eigenvalue weighted by atomic mass is 9.96. The predicted molar refractivity (Wildman–Crippen MR) is 76.5 cm³/mol. The van der Waals surface area contributed by atoms with Gasteiger partial charge in [-0.3, -0.25) is 9.59 Å². The maximum atomic E-state index is 12.2. The highest BCUT2D eigenvalue weighted by molar-refractivity contribution is 6.00. The van der Waals surface area contributed by atoms with Gasteiger partial charge in [0.05, 0.1) is 12.0 Å². The second-order valence-electron chi connectivity index (χ2n) is 4.90. The molecular formula is C17H14O4. The quantitative estimate of drug-likeness (QED) is 0.626. The average Bonchev–Trinajstić information content (AvgIpc) is 2.47. The van der Waals surface area contributed by atoms with E-state index in [1.165, 1.54) is 6.92 Å². The van der Waals surface area contributed by atoms with Crippen LogP contribution in [0.5, 0.6) is 11.5 Å². The molecule has 0 amide bonds. The van der Waals surface area contributed by atoms with Crippen LogP contribution in [0.4, 0.5) is 0 Å². The van der Waals surface area contributed by atoms with Crippen LogP contribution in [-0.2, 0) is 4.79 Å². The summed E-state index contributed by atoms with van der Waals surface area (Å²) in [7, 11) is 0. The summed E-state index contributed by atoms with van der Waals surface area (Å²) in [5.41, 5.74) is 1.48. The van der Waals surface area contributed by atoms with Crippen molar-refractivity contribution in [2.24, 2.45) is 0 Å². The summed E-state index contributed by atoms with van der Waals surface area (Å²) >= 11 is 0. The molecule has 2 aromatic rings. The van der Waals surface area contributed by atoms with Gasteiger partial charge in [0.1, 0.15) is 17.6 Å². The van der Waals surface area contributed by atoms with Crippen LogP contribution >= 0.6 is 0 Å². The van der Waals surface area contributed by atoms with Crippen LogP contribution in [0.2, 0.25) is 0 Å². The Morgan fingerprint density at radius 2 is 1.95 bits per heavy atom. The number of hydrogen-bond acceptors (Lipinski definition) is 4. The van der Waals surface area contributed by atoms with Crippen LogP contribution in [0.3, 0.4) is 0 Å². The summed E-state index contributed by atoms with van der Waals surface area (Å²) in [6, 6.07) is 14.4. The fraction of sp³-hybridized carbons (Fsp3) is 0.176. The van der Waals surface area contributed by atoms with Crippen molar-refractivity contribution in [2.45, 2.75) is 19.4 Å². The van der Waals surface area contributed by atoms with Gasteiger partial charge >= 0.3 is 5.97 Å². The molecule has 0 saturated heterocycles. The maximum absolute atomic E-state index is 12.2. The molecule has 4 heteroatoms. The summed E-state index contributed by atoms with van der Waals surface area (Å²) < 4.78 is 10.9. The molecule has 3 rings (SSSR count). The zero-order valence-corrected chi connectivity index (χ0v) is 11.5. The Balaban J connectivity index is 1.92. The molecule has 0 aromatic heterocycles. The summed E-state index contributed by atoms with van der Waals surface area (Å²) in [4.78, 5) is 23.2. The number of carbonyl (C=O) groups excluding carboxylic acids is 2. The van der Waals surface area contributed by atoms with E-state index in [1.54, 1.807) is 18.2 Å². The monoisotopic (exact) mass is 282 g/mol. The molecule has 2 aromatic carbocycles. The first-order chi connectivity index (χ1) is 10.1. The van der Waals surface area contributed by atoms with Crippen molar-refractivity contribution in [3.05, 3.63) is 59.7 Å². The molecular weight excluding hydrogens is 268 g/mol. The number of rotatable bonds is 2. The highest BCUT2D eigenvalue weighted by Gasteiger charge is 2.27. The number of Topliss-reactive ketones (excluding diaryl/α,β-unsaturated/α-hetero) is 1. The fourth-order valence-electron chi connectivity index (χ4n) is 2.39. The van der Waals surface area contributed by atoms with Crippen LogP contribution in [0.25, 0.3) is 0 Å². The maximum Gasteiger partial charge on any atom is 0.308 e. The molecule has 1 heterocycles. The molecule has 0 bridgehead atoms. The minimum absolute atomic E-state index is 0.0273. The summed E-state index contributed by atoms with van der Waals surface area (Å²) in [6.45, 7) is 1.33. The van der Waals surface area contributed by atoms with E-state index in [4.69, 9.17) is 9.47 Å². The van der Waals surface area contributed by atoms with Crippen molar-refractivity contribution in [1.82, 2.24) is 0 Å². The topological polar surface area (TPSA) is 52.6 Å². The van der Waals surface area contributed by atoms with Crippen molar-refractivity contribution >= 4 is 11.8 Å². The van der Waals surface area contributed by atoms with E-state index in [-0.39, 0.29) is 11.9 Å². The van der Waals surface area contributed by atoms with Gasteiger partial charge in [-0.1, -0.05) is 30.3 Å². The molecule has 4 nitrogen and oxygen atoms in total. The van der Waals surface area contributed by atoms with Crippen molar-refractivity contribution in [3.8, 4) is 11.5 Å². The van der Waals surface area contributed by atoms with Crippen LogP contribution in [-0.4, -0.2) is 11.8 Å². The summed E-state index contributed by atoms with van der Waals surface area (Å²) in [5, 5.41) is 0. The van der Waals surface area contributed by atoms with Crippen molar-refractivity contribution in [2.75, 3.05) is 0 Å². The van der Waals surface area contributed by atoms with Crippen LogP contribution in [0, 0.1) is 0 Å². The normalized spacial score (nSPS) is 16.8. The third-order valence-corrected chi connectivity index (χ3v) is 3.33. The Hall–Kier alpha value is -2.62. The van der Waals surface area contributed by atoms with Gasteiger partial charge in [0.2, 0.25) is 0 Å². The van der Waals surface area contributed by atoms with E-state index in [0.29, 0.717) is 23.5 Å². The van der Waals surface area contributed by atoms with E-state index in [9.17, 15) is 9.59 Å². The first-order valence-electron chi connectivity index (χ1n) is 6.71. The smallest absolute Gasteiger partial charge is 0.308 e. The summed E-state index contributed by atoms with van der Waals surface area (Å²) in [5.74, 6) is 0.456. The van der Waals surface area contributed by atoms with Gasteiger partial charge in [0.15, 0.2) is 5.78 Å². The third kappa shape index (κ3) is 2.79. The number of benzene rings is 2. The Morgan fingerprint density at radius 3 is 2.67 bits per heavy atom. The lowest BCUT2D eigenvalue weighted by molar-refractivity contribution is -0.131. The van der Waals surface area contributed by atoms with E-state index in [1.807, 2.05) is 30.3 Å². The second kappa shape index (κ2) is 5.40. The number of ether oxygens (including phenoxy) is 2.